The quantitative estimate of drug-likeness (QED) is 0.679. The number of methoxy groups -OCH3 is 1. The van der Waals surface area contributed by atoms with E-state index in [1.165, 1.54) is 18.0 Å². The number of piperidine rings is 1. The lowest BCUT2D eigenvalue weighted by atomic mass is 9.97. The number of esters is 2. The van der Waals surface area contributed by atoms with Gasteiger partial charge in [-0.3, -0.25) is 9.59 Å². The van der Waals surface area contributed by atoms with Gasteiger partial charge in [0.1, 0.15) is 0 Å². The minimum atomic E-state index is -0.697. The maximum absolute atomic E-state index is 12.2. The van der Waals surface area contributed by atoms with Gasteiger partial charge in [-0.05, 0) is 18.4 Å². The molecule has 0 aliphatic carbocycles. The molecule has 9 heteroatoms. The molecule has 1 aromatic heterocycles. The van der Waals surface area contributed by atoms with Crippen LogP contribution in [0.3, 0.4) is 0 Å². The summed E-state index contributed by atoms with van der Waals surface area (Å²) in [6.07, 6.45) is 2.57. The average Bonchev–Trinajstić information content (AvgIpc) is 3.20. The summed E-state index contributed by atoms with van der Waals surface area (Å²) in [6, 6.07) is 9.65. The fraction of sp³-hybridized carbons (Fsp3) is 0.421. The van der Waals surface area contributed by atoms with Crippen molar-refractivity contribution in [2.45, 2.75) is 19.4 Å². The van der Waals surface area contributed by atoms with Gasteiger partial charge in [-0.1, -0.05) is 35.5 Å². The van der Waals surface area contributed by atoms with E-state index in [0.29, 0.717) is 32.5 Å². The highest BCUT2D eigenvalue weighted by Gasteiger charge is 2.28. The van der Waals surface area contributed by atoms with Crippen molar-refractivity contribution in [2.24, 2.45) is 5.92 Å². The van der Waals surface area contributed by atoms with Crippen LogP contribution in [-0.4, -0.2) is 64.5 Å². The SMILES string of the molecule is COC(=O)C1CCN(C(=O)COC(=O)c2cn(Cc3ccccc3)nn2)CC1. The Morgan fingerprint density at radius 3 is 2.54 bits per heavy atom. The molecule has 2 heterocycles. The Labute approximate surface area is 162 Å². The molecule has 28 heavy (non-hydrogen) atoms. The molecule has 1 fully saturated rings. The first-order valence-corrected chi connectivity index (χ1v) is 9.03. The van der Waals surface area contributed by atoms with Crippen LogP contribution < -0.4 is 0 Å². The Morgan fingerprint density at radius 1 is 1.14 bits per heavy atom. The van der Waals surface area contributed by atoms with Gasteiger partial charge in [0.05, 0.1) is 25.8 Å². The van der Waals surface area contributed by atoms with Crippen LogP contribution in [0.1, 0.15) is 28.9 Å². The standard InChI is InChI=1S/C19H22N4O5/c1-27-18(25)15-7-9-22(10-8-15)17(24)13-28-19(26)16-12-23(21-20-16)11-14-5-3-2-4-6-14/h2-6,12,15H,7-11,13H2,1H3. The van der Waals surface area contributed by atoms with Crippen LogP contribution in [0.4, 0.5) is 0 Å². The van der Waals surface area contributed by atoms with Crippen LogP contribution in [0.15, 0.2) is 36.5 Å². The predicted molar refractivity (Wildman–Crippen MR) is 97.2 cm³/mol. The Kier molecular flexibility index (Phi) is 6.36. The largest absolute Gasteiger partial charge is 0.469 e. The van der Waals surface area contributed by atoms with E-state index < -0.39 is 5.97 Å². The molecular weight excluding hydrogens is 364 g/mol. The van der Waals surface area contributed by atoms with E-state index in [4.69, 9.17) is 9.47 Å². The number of hydrogen-bond donors (Lipinski definition) is 0. The van der Waals surface area contributed by atoms with Crippen molar-refractivity contribution in [3.63, 3.8) is 0 Å². The number of rotatable bonds is 6. The second-order valence-corrected chi connectivity index (χ2v) is 6.54. The first-order chi connectivity index (χ1) is 13.6. The van der Waals surface area contributed by atoms with E-state index in [-0.39, 0.29) is 30.1 Å². The first-order valence-electron chi connectivity index (χ1n) is 9.03. The molecule has 1 aliphatic rings. The molecule has 0 saturated carbocycles. The third-order valence-electron chi connectivity index (χ3n) is 4.64. The van der Waals surface area contributed by atoms with Crippen molar-refractivity contribution in [1.82, 2.24) is 19.9 Å². The van der Waals surface area contributed by atoms with Gasteiger partial charge in [-0.25, -0.2) is 9.48 Å². The van der Waals surface area contributed by atoms with E-state index in [9.17, 15) is 14.4 Å². The zero-order chi connectivity index (χ0) is 19.9. The molecule has 0 spiro atoms. The lowest BCUT2D eigenvalue weighted by Crippen LogP contribution is -2.42. The van der Waals surface area contributed by atoms with Crippen LogP contribution >= 0.6 is 0 Å². The summed E-state index contributed by atoms with van der Waals surface area (Å²) in [7, 11) is 1.36. The summed E-state index contributed by atoms with van der Waals surface area (Å²) in [5, 5.41) is 7.71. The highest BCUT2D eigenvalue weighted by atomic mass is 16.5. The molecule has 1 aromatic carbocycles. The average molecular weight is 386 g/mol. The van der Waals surface area contributed by atoms with Crippen LogP contribution in [0.5, 0.6) is 0 Å². The maximum Gasteiger partial charge on any atom is 0.361 e. The number of carbonyl (C=O) groups is 3. The van der Waals surface area contributed by atoms with Gasteiger partial charge in [-0.15, -0.1) is 5.10 Å². The predicted octanol–water partition coefficient (Wildman–Crippen LogP) is 0.895. The summed E-state index contributed by atoms with van der Waals surface area (Å²) in [6.45, 7) is 0.981. The Balaban J connectivity index is 1.45. The second kappa shape index (κ2) is 9.12. The highest BCUT2D eigenvalue weighted by molar-refractivity contribution is 5.89. The van der Waals surface area contributed by atoms with Gasteiger partial charge in [-0.2, -0.15) is 0 Å². The van der Waals surface area contributed by atoms with E-state index in [0.717, 1.165) is 5.56 Å². The van der Waals surface area contributed by atoms with Crippen LogP contribution in [0.2, 0.25) is 0 Å². The van der Waals surface area contributed by atoms with Crippen LogP contribution in [0.25, 0.3) is 0 Å². The van der Waals surface area contributed by atoms with Crippen LogP contribution in [-0.2, 0) is 25.6 Å². The topological polar surface area (TPSA) is 104 Å². The fourth-order valence-corrected chi connectivity index (χ4v) is 3.06. The Morgan fingerprint density at radius 2 is 1.86 bits per heavy atom. The molecule has 0 N–H and O–H groups in total. The first kappa shape index (κ1) is 19.5. The van der Waals surface area contributed by atoms with Crippen molar-refractivity contribution < 1.29 is 23.9 Å². The number of ether oxygens (including phenoxy) is 2. The van der Waals surface area contributed by atoms with E-state index in [1.807, 2.05) is 30.3 Å². The number of likely N-dealkylation sites (tertiary alicyclic amines) is 1. The lowest BCUT2D eigenvalue weighted by Gasteiger charge is -2.30. The van der Waals surface area contributed by atoms with Gasteiger partial charge in [0.15, 0.2) is 12.3 Å². The molecule has 0 atom stereocenters. The molecule has 0 radical (unpaired) electrons. The molecule has 1 amide bonds. The number of carbonyl (C=O) groups excluding carboxylic acids is 3. The minimum Gasteiger partial charge on any atom is -0.469 e. The maximum atomic E-state index is 12.2. The summed E-state index contributed by atoms with van der Waals surface area (Å²) in [5.41, 5.74) is 1.07. The molecule has 0 unspecified atom stereocenters. The molecule has 9 nitrogen and oxygen atoms in total. The number of aromatic nitrogens is 3. The van der Waals surface area contributed by atoms with Gasteiger partial charge >= 0.3 is 11.9 Å². The molecule has 2 aromatic rings. The van der Waals surface area contributed by atoms with Crippen molar-refractivity contribution in [2.75, 3.05) is 26.8 Å². The summed E-state index contributed by atoms with van der Waals surface area (Å²) in [5.74, 6) is -1.43. The molecular formula is C19H22N4O5. The van der Waals surface area contributed by atoms with Gasteiger partial charge in [0.25, 0.3) is 5.91 Å². The smallest absolute Gasteiger partial charge is 0.361 e. The second-order valence-electron chi connectivity index (χ2n) is 6.54. The number of hydrogen-bond acceptors (Lipinski definition) is 7. The number of amides is 1. The monoisotopic (exact) mass is 386 g/mol. The third-order valence-corrected chi connectivity index (χ3v) is 4.64. The molecule has 1 aliphatic heterocycles. The number of benzene rings is 1. The van der Waals surface area contributed by atoms with Gasteiger partial charge < -0.3 is 14.4 Å². The molecule has 0 bridgehead atoms. The van der Waals surface area contributed by atoms with Crippen molar-refractivity contribution in [3.05, 3.63) is 47.8 Å². The molecule has 1 saturated heterocycles. The third kappa shape index (κ3) is 4.93. The summed E-state index contributed by atoms with van der Waals surface area (Å²) < 4.78 is 11.3. The van der Waals surface area contributed by atoms with Gasteiger partial charge in [0.2, 0.25) is 0 Å². The lowest BCUT2D eigenvalue weighted by molar-refractivity contribution is -0.149. The summed E-state index contributed by atoms with van der Waals surface area (Å²) in [4.78, 5) is 37.4. The zero-order valence-corrected chi connectivity index (χ0v) is 15.6. The number of nitrogens with zero attached hydrogens (tertiary/aromatic N) is 4. The fourth-order valence-electron chi connectivity index (χ4n) is 3.06. The van der Waals surface area contributed by atoms with Crippen LogP contribution in [0, 0.1) is 5.92 Å². The van der Waals surface area contributed by atoms with Crippen molar-refractivity contribution >= 4 is 17.8 Å². The Hall–Kier alpha value is -3.23. The Bertz CT molecular complexity index is 828. The zero-order valence-electron chi connectivity index (χ0n) is 15.6. The summed E-state index contributed by atoms with van der Waals surface area (Å²) >= 11 is 0. The van der Waals surface area contributed by atoms with E-state index in [2.05, 4.69) is 10.3 Å². The van der Waals surface area contributed by atoms with E-state index >= 15 is 0 Å². The minimum absolute atomic E-state index is 0.0492. The normalized spacial score (nSPS) is 14.5. The highest BCUT2D eigenvalue weighted by Crippen LogP contribution is 2.18. The van der Waals surface area contributed by atoms with Gasteiger partial charge in [0, 0.05) is 13.1 Å². The molecule has 148 valence electrons. The van der Waals surface area contributed by atoms with E-state index in [1.54, 1.807) is 4.90 Å². The van der Waals surface area contributed by atoms with Crippen molar-refractivity contribution in [3.8, 4) is 0 Å². The molecule has 3 rings (SSSR count). The van der Waals surface area contributed by atoms with Crippen molar-refractivity contribution in [1.29, 1.82) is 0 Å².